The fraction of sp³-hybridized carbons (Fsp3) is 0.308. The van der Waals surface area contributed by atoms with Gasteiger partial charge in [0.15, 0.2) is 0 Å². The highest BCUT2D eigenvalue weighted by Crippen LogP contribution is 2.16. The maximum Gasteiger partial charge on any atom is 0.0925 e. The van der Waals surface area contributed by atoms with E-state index in [2.05, 4.69) is 22.2 Å². The second-order valence-electron chi connectivity index (χ2n) is 4.13. The summed E-state index contributed by atoms with van der Waals surface area (Å²) in [5.74, 6) is 0. The number of imidazole rings is 1. The van der Waals surface area contributed by atoms with E-state index in [4.69, 9.17) is 11.6 Å². The van der Waals surface area contributed by atoms with Gasteiger partial charge in [-0.25, -0.2) is 4.98 Å². The molecular weight excluding hydrogens is 234 g/mol. The van der Waals surface area contributed by atoms with Gasteiger partial charge in [0.25, 0.3) is 0 Å². The minimum absolute atomic E-state index is 0.281. The molecule has 0 bridgehead atoms. The zero-order chi connectivity index (χ0) is 12.3. The Morgan fingerprint density at radius 3 is 2.65 bits per heavy atom. The van der Waals surface area contributed by atoms with Gasteiger partial charge in [0.2, 0.25) is 0 Å². The van der Waals surface area contributed by atoms with Crippen molar-refractivity contribution in [2.24, 2.45) is 0 Å². The highest BCUT2D eigenvalue weighted by Gasteiger charge is 2.06. The van der Waals surface area contributed by atoms with Crippen molar-refractivity contribution in [2.75, 3.05) is 0 Å². The van der Waals surface area contributed by atoms with Crippen LogP contribution in [0.25, 0.3) is 0 Å². The summed E-state index contributed by atoms with van der Waals surface area (Å²) in [5, 5.41) is 4.20. The predicted molar refractivity (Wildman–Crippen MR) is 70.0 cm³/mol. The molecule has 17 heavy (non-hydrogen) atoms. The van der Waals surface area contributed by atoms with Gasteiger partial charge in [0.1, 0.15) is 0 Å². The Morgan fingerprint density at radius 1 is 1.35 bits per heavy atom. The van der Waals surface area contributed by atoms with Gasteiger partial charge in [-0.15, -0.1) is 0 Å². The first-order valence-corrected chi connectivity index (χ1v) is 6.02. The number of aromatic amines is 1. The van der Waals surface area contributed by atoms with E-state index in [-0.39, 0.29) is 6.04 Å². The Morgan fingerprint density at radius 2 is 2.06 bits per heavy atom. The highest BCUT2D eigenvalue weighted by atomic mass is 35.5. The maximum atomic E-state index is 5.86. The lowest BCUT2D eigenvalue weighted by molar-refractivity contribution is 0.567. The molecule has 90 valence electrons. The minimum Gasteiger partial charge on any atom is -0.348 e. The molecule has 0 unspecified atom stereocenters. The van der Waals surface area contributed by atoms with E-state index in [9.17, 15) is 0 Å². The van der Waals surface area contributed by atoms with Crippen LogP contribution in [0.1, 0.15) is 29.9 Å². The van der Waals surface area contributed by atoms with Crippen molar-refractivity contribution < 1.29 is 0 Å². The van der Waals surface area contributed by atoms with E-state index >= 15 is 0 Å². The summed E-state index contributed by atoms with van der Waals surface area (Å²) in [5.41, 5.74) is 3.40. The molecule has 1 heterocycles. The first-order valence-electron chi connectivity index (χ1n) is 5.64. The first kappa shape index (κ1) is 12.1. The van der Waals surface area contributed by atoms with Crippen molar-refractivity contribution in [1.82, 2.24) is 15.3 Å². The summed E-state index contributed by atoms with van der Waals surface area (Å²) >= 11 is 5.86. The number of rotatable bonds is 4. The number of nitrogens with zero attached hydrogens (tertiary/aromatic N) is 1. The third-order valence-electron chi connectivity index (χ3n) is 2.88. The summed E-state index contributed by atoms with van der Waals surface area (Å²) in [7, 11) is 0. The fourth-order valence-electron chi connectivity index (χ4n) is 1.68. The van der Waals surface area contributed by atoms with E-state index in [1.807, 2.05) is 31.2 Å². The van der Waals surface area contributed by atoms with Gasteiger partial charge in [-0.3, -0.25) is 0 Å². The molecule has 1 aromatic carbocycles. The molecule has 0 saturated carbocycles. The molecule has 0 spiro atoms. The van der Waals surface area contributed by atoms with Gasteiger partial charge in [-0.05, 0) is 31.5 Å². The Hall–Kier alpha value is -1.32. The molecule has 0 aliphatic carbocycles. The van der Waals surface area contributed by atoms with Crippen LogP contribution in [0.5, 0.6) is 0 Å². The smallest absolute Gasteiger partial charge is 0.0925 e. The third-order valence-corrected chi connectivity index (χ3v) is 3.13. The first-order chi connectivity index (χ1) is 8.16. The number of H-pyrrole nitrogens is 1. The molecule has 0 fully saturated rings. The molecule has 1 atom stereocenters. The van der Waals surface area contributed by atoms with Crippen LogP contribution in [0.3, 0.4) is 0 Å². The molecule has 2 N–H and O–H groups in total. The highest BCUT2D eigenvalue weighted by molar-refractivity contribution is 6.30. The number of nitrogens with one attached hydrogen (secondary N) is 2. The largest absolute Gasteiger partial charge is 0.348 e. The second kappa shape index (κ2) is 5.34. The van der Waals surface area contributed by atoms with Crippen LogP contribution in [-0.2, 0) is 6.54 Å². The standard InChI is InChI=1S/C13H16ClN3/c1-9(11-3-5-12(14)6-4-11)15-7-13-10(2)16-8-17-13/h3-6,8-9,15H,7H2,1-2H3,(H,16,17)/t9-/m0/s1. The van der Waals surface area contributed by atoms with Crippen molar-refractivity contribution in [2.45, 2.75) is 26.4 Å². The number of aryl methyl sites for hydroxylation is 1. The van der Waals surface area contributed by atoms with Crippen LogP contribution < -0.4 is 5.32 Å². The summed E-state index contributed by atoms with van der Waals surface area (Å²) in [6.45, 7) is 4.92. The van der Waals surface area contributed by atoms with Crippen LogP contribution in [-0.4, -0.2) is 9.97 Å². The minimum atomic E-state index is 0.281. The van der Waals surface area contributed by atoms with E-state index in [0.29, 0.717) is 0 Å². The lowest BCUT2D eigenvalue weighted by Gasteiger charge is -2.13. The molecule has 2 aromatic rings. The quantitative estimate of drug-likeness (QED) is 0.874. The van der Waals surface area contributed by atoms with E-state index < -0.39 is 0 Å². The molecular formula is C13H16ClN3. The van der Waals surface area contributed by atoms with Crippen molar-refractivity contribution in [3.63, 3.8) is 0 Å². The third kappa shape index (κ3) is 3.08. The number of hydrogen-bond donors (Lipinski definition) is 2. The van der Waals surface area contributed by atoms with Gasteiger partial charge in [0, 0.05) is 23.3 Å². The van der Waals surface area contributed by atoms with E-state index in [1.54, 1.807) is 6.33 Å². The zero-order valence-electron chi connectivity index (χ0n) is 10.00. The molecule has 0 aliphatic heterocycles. The molecule has 3 nitrogen and oxygen atoms in total. The van der Waals surface area contributed by atoms with Gasteiger partial charge in [-0.2, -0.15) is 0 Å². The van der Waals surface area contributed by atoms with Crippen LogP contribution in [0, 0.1) is 6.92 Å². The SMILES string of the molecule is Cc1[nH]cnc1CN[C@@H](C)c1ccc(Cl)cc1. The Labute approximate surface area is 106 Å². The average Bonchev–Trinajstić information content (AvgIpc) is 2.73. The molecule has 0 amide bonds. The molecule has 1 aromatic heterocycles. The molecule has 0 saturated heterocycles. The molecule has 0 radical (unpaired) electrons. The zero-order valence-corrected chi connectivity index (χ0v) is 10.8. The van der Waals surface area contributed by atoms with Crippen molar-refractivity contribution in [3.05, 3.63) is 52.6 Å². The van der Waals surface area contributed by atoms with E-state index in [1.165, 1.54) is 5.56 Å². The number of halogens is 1. The Balaban J connectivity index is 1.95. The fourth-order valence-corrected chi connectivity index (χ4v) is 1.81. The Kier molecular flexibility index (Phi) is 3.82. The summed E-state index contributed by atoms with van der Waals surface area (Å²) in [6, 6.07) is 8.18. The average molecular weight is 250 g/mol. The van der Waals surface area contributed by atoms with Crippen LogP contribution in [0.4, 0.5) is 0 Å². The normalized spacial score (nSPS) is 12.6. The van der Waals surface area contributed by atoms with Crippen LogP contribution >= 0.6 is 11.6 Å². The second-order valence-corrected chi connectivity index (χ2v) is 4.56. The predicted octanol–water partition coefficient (Wildman–Crippen LogP) is 3.22. The van der Waals surface area contributed by atoms with Crippen LogP contribution in [0.15, 0.2) is 30.6 Å². The monoisotopic (exact) mass is 249 g/mol. The molecule has 0 aliphatic rings. The van der Waals surface area contributed by atoms with Crippen LogP contribution in [0.2, 0.25) is 5.02 Å². The van der Waals surface area contributed by atoms with Gasteiger partial charge in [0.05, 0.1) is 12.0 Å². The van der Waals surface area contributed by atoms with Crippen molar-refractivity contribution in [3.8, 4) is 0 Å². The van der Waals surface area contributed by atoms with Crippen molar-refractivity contribution in [1.29, 1.82) is 0 Å². The topological polar surface area (TPSA) is 40.7 Å². The Bertz CT molecular complexity index is 476. The summed E-state index contributed by atoms with van der Waals surface area (Å²) < 4.78 is 0. The molecule has 2 rings (SSSR count). The number of benzene rings is 1. The van der Waals surface area contributed by atoms with Gasteiger partial charge < -0.3 is 10.3 Å². The number of aromatic nitrogens is 2. The van der Waals surface area contributed by atoms with E-state index in [0.717, 1.165) is 23.0 Å². The van der Waals surface area contributed by atoms with Crippen molar-refractivity contribution >= 4 is 11.6 Å². The molecule has 4 heteroatoms. The van der Waals surface area contributed by atoms with Gasteiger partial charge >= 0.3 is 0 Å². The lowest BCUT2D eigenvalue weighted by Crippen LogP contribution is -2.18. The van der Waals surface area contributed by atoms with Gasteiger partial charge in [-0.1, -0.05) is 23.7 Å². The lowest BCUT2D eigenvalue weighted by atomic mass is 10.1. The maximum absolute atomic E-state index is 5.86. The number of hydrogen-bond acceptors (Lipinski definition) is 2. The summed E-state index contributed by atoms with van der Waals surface area (Å²) in [4.78, 5) is 7.33. The summed E-state index contributed by atoms with van der Waals surface area (Å²) in [6.07, 6.45) is 1.72.